The van der Waals surface area contributed by atoms with E-state index < -0.39 is 28.4 Å². The van der Waals surface area contributed by atoms with Gasteiger partial charge in [0.25, 0.3) is 0 Å². The Hall–Kier alpha value is -2.71. The topological polar surface area (TPSA) is 118 Å². The van der Waals surface area contributed by atoms with Gasteiger partial charge < -0.3 is 11.1 Å². The molecule has 7 nitrogen and oxygen atoms in total. The summed E-state index contributed by atoms with van der Waals surface area (Å²) in [6.45, 7) is 1.44. The Balaban J connectivity index is 1.95. The van der Waals surface area contributed by atoms with Crippen LogP contribution in [0.2, 0.25) is 0 Å². The number of aryl methyl sites for hydroxylation is 1. The van der Waals surface area contributed by atoms with Crippen LogP contribution in [0.4, 0.5) is 5.69 Å². The number of hydrogen-bond donors (Lipinski definition) is 3. The standard InChI is InChI=1S/C16H17N3O4S/c1-11-2-8-14(9-3-11)24(22,23)18-10-15(20)19-13-6-4-12(5-7-13)16(17)21/h2-9,18H,10H2,1H3,(H2,17,21)(H,19,20). The van der Waals surface area contributed by atoms with Crippen LogP contribution in [0, 0.1) is 6.92 Å². The normalized spacial score (nSPS) is 11.0. The largest absolute Gasteiger partial charge is 0.366 e. The van der Waals surface area contributed by atoms with E-state index in [-0.39, 0.29) is 4.90 Å². The molecule has 8 heteroatoms. The molecule has 0 saturated carbocycles. The Morgan fingerprint density at radius 1 is 1.00 bits per heavy atom. The predicted molar refractivity (Wildman–Crippen MR) is 90.0 cm³/mol. The van der Waals surface area contributed by atoms with Crippen LogP contribution in [0.25, 0.3) is 0 Å². The fourth-order valence-corrected chi connectivity index (χ4v) is 2.87. The predicted octanol–water partition coefficient (Wildman–Crippen LogP) is 1.01. The average molecular weight is 347 g/mol. The molecule has 0 spiro atoms. The second-order valence-corrected chi connectivity index (χ2v) is 6.89. The van der Waals surface area contributed by atoms with Crippen molar-refractivity contribution in [1.82, 2.24) is 4.72 Å². The van der Waals surface area contributed by atoms with Crippen molar-refractivity contribution in [3.8, 4) is 0 Å². The summed E-state index contributed by atoms with van der Waals surface area (Å²) in [6, 6.07) is 12.2. The molecule has 0 aliphatic rings. The smallest absolute Gasteiger partial charge is 0.248 e. The Morgan fingerprint density at radius 3 is 2.12 bits per heavy atom. The molecule has 0 bridgehead atoms. The van der Waals surface area contributed by atoms with Crippen molar-refractivity contribution in [2.75, 3.05) is 11.9 Å². The summed E-state index contributed by atoms with van der Waals surface area (Å²) in [6.07, 6.45) is 0. The van der Waals surface area contributed by atoms with Gasteiger partial charge in [-0.05, 0) is 43.3 Å². The Kier molecular flexibility index (Phi) is 5.32. The summed E-state index contributed by atoms with van der Waals surface area (Å²) in [5, 5.41) is 2.52. The highest BCUT2D eigenvalue weighted by Gasteiger charge is 2.15. The van der Waals surface area contributed by atoms with Gasteiger partial charge in [-0.1, -0.05) is 17.7 Å². The van der Waals surface area contributed by atoms with E-state index in [9.17, 15) is 18.0 Å². The second kappa shape index (κ2) is 7.24. The molecule has 0 atom stereocenters. The van der Waals surface area contributed by atoms with Crippen LogP contribution >= 0.6 is 0 Å². The Labute approximate surface area is 139 Å². The minimum atomic E-state index is -3.75. The van der Waals surface area contributed by atoms with Crippen molar-refractivity contribution < 1.29 is 18.0 Å². The van der Waals surface area contributed by atoms with E-state index in [1.54, 1.807) is 12.1 Å². The molecule has 2 aromatic carbocycles. The number of sulfonamides is 1. The molecule has 0 aliphatic carbocycles. The van der Waals surface area contributed by atoms with Gasteiger partial charge >= 0.3 is 0 Å². The van der Waals surface area contributed by atoms with Crippen LogP contribution in [0.5, 0.6) is 0 Å². The summed E-state index contributed by atoms with van der Waals surface area (Å²) in [5.41, 5.74) is 6.80. The molecule has 0 radical (unpaired) electrons. The number of benzene rings is 2. The highest BCUT2D eigenvalue weighted by atomic mass is 32.2. The zero-order valence-corrected chi connectivity index (χ0v) is 13.8. The molecule has 126 valence electrons. The van der Waals surface area contributed by atoms with E-state index in [0.717, 1.165) is 5.56 Å². The van der Waals surface area contributed by atoms with Crippen molar-refractivity contribution in [2.45, 2.75) is 11.8 Å². The Morgan fingerprint density at radius 2 is 1.58 bits per heavy atom. The summed E-state index contributed by atoms with van der Waals surface area (Å²) < 4.78 is 26.4. The molecule has 0 aliphatic heterocycles. The van der Waals surface area contributed by atoms with Crippen molar-refractivity contribution in [1.29, 1.82) is 0 Å². The van der Waals surface area contributed by atoms with E-state index in [2.05, 4.69) is 10.0 Å². The van der Waals surface area contributed by atoms with Crippen molar-refractivity contribution in [2.24, 2.45) is 5.73 Å². The second-order valence-electron chi connectivity index (χ2n) is 5.13. The van der Waals surface area contributed by atoms with Crippen LogP contribution in [-0.4, -0.2) is 26.8 Å². The highest BCUT2D eigenvalue weighted by molar-refractivity contribution is 7.89. The maximum atomic E-state index is 12.1. The number of nitrogens with one attached hydrogen (secondary N) is 2. The minimum absolute atomic E-state index is 0.0895. The first-order valence-electron chi connectivity index (χ1n) is 7.04. The van der Waals surface area contributed by atoms with E-state index in [4.69, 9.17) is 5.73 Å². The van der Waals surface area contributed by atoms with Gasteiger partial charge in [0, 0.05) is 11.3 Å². The van der Waals surface area contributed by atoms with Gasteiger partial charge in [0.2, 0.25) is 21.8 Å². The number of nitrogens with two attached hydrogens (primary N) is 1. The number of rotatable bonds is 6. The quantitative estimate of drug-likeness (QED) is 0.722. The lowest BCUT2D eigenvalue weighted by atomic mass is 10.2. The van der Waals surface area contributed by atoms with Crippen LogP contribution in [-0.2, 0) is 14.8 Å². The lowest BCUT2D eigenvalue weighted by molar-refractivity contribution is -0.115. The summed E-state index contributed by atoms with van der Waals surface area (Å²) in [5.74, 6) is -1.10. The minimum Gasteiger partial charge on any atom is -0.366 e. The molecule has 4 N–H and O–H groups in total. The number of anilines is 1. The van der Waals surface area contributed by atoms with E-state index in [1.165, 1.54) is 36.4 Å². The molecule has 0 fully saturated rings. The molecule has 0 saturated heterocycles. The number of carbonyl (C=O) groups is 2. The first-order valence-corrected chi connectivity index (χ1v) is 8.52. The maximum Gasteiger partial charge on any atom is 0.248 e. The van der Waals surface area contributed by atoms with Crippen molar-refractivity contribution in [3.05, 3.63) is 59.7 Å². The van der Waals surface area contributed by atoms with Gasteiger partial charge in [-0.2, -0.15) is 0 Å². The highest BCUT2D eigenvalue weighted by Crippen LogP contribution is 2.11. The number of hydrogen-bond acceptors (Lipinski definition) is 4. The third-order valence-corrected chi connectivity index (χ3v) is 4.62. The molecular weight excluding hydrogens is 330 g/mol. The van der Waals surface area contributed by atoms with Gasteiger partial charge in [0.05, 0.1) is 11.4 Å². The molecule has 2 amide bonds. The van der Waals surface area contributed by atoms with Crippen LogP contribution in [0.1, 0.15) is 15.9 Å². The van der Waals surface area contributed by atoms with Gasteiger partial charge in [0.1, 0.15) is 0 Å². The lowest BCUT2D eigenvalue weighted by Crippen LogP contribution is -2.32. The molecular formula is C16H17N3O4S. The monoisotopic (exact) mass is 347 g/mol. The van der Waals surface area contributed by atoms with E-state index in [0.29, 0.717) is 11.3 Å². The number of primary amides is 1. The lowest BCUT2D eigenvalue weighted by Gasteiger charge is -2.08. The van der Waals surface area contributed by atoms with E-state index >= 15 is 0 Å². The Bertz CT molecular complexity index is 844. The van der Waals surface area contributed by atoms with Gasteiger partial charge in [-0.15, -0.1) is 0 Å². The third kappa shape index (κ3) is 4.64. The third-order valence-electron chi connectivity index (χ3n) is 3.21. The summed E-state index contributed by atoms with van der Waals surface area (Å²) in [7, 11) is -3.75. The SMILES string of the molecule is Cc1ccc(S(=O)(=O)NCC(=O)Nc2ccc(C(N)=O)cc2)cc1. The first kappa shape index (κ1) is 17.6. The van der Waals surface area contributed by atoms with Crippen LogP contribution in [0.15, 0.2) is 53.4 Å². The average Bonchev–Trinajstić information content (AvgIpc) is 2.54. The maximum absolute atomic E-state index is 12.1. The first-order chi connectivity index (χ1) is 11.3. The number of carbonyl (C=O) groups excluding carboxylic acids is 2. The molecule has 0 aromatic heterocycles. The fourth-order valence-electron chi connectivity index (χ4n) is 1.88. The van der Waals surface area contributed by atoms with Gasteiger partial charge in [0.15, 0.2) is 0 Å². The van der Waals surface area contributed by atoms with Crippen molar-refractivity contribution in [3.63, 3.8) is 0 Å². The molecule has 0 heterocycles. The van der Waals surface area contributed by atoms with Crippen LogP contribution < -0.4 is 15.8 Å². The van der Waals surface area contributed by atoms with Gasteiger partial charge in [-0.25, -0.2) is 13.1 Å². The summed E-state index contributed by atoms with van der Waals surface area (Å²) in [4.78, 5) is 22.9. The molecule has 2 aromatic rings. The van der Waals surface area contributed by atoms with E-state index in [1.807, 2.05) is 6.92 Å². The summed E-state index contributed by atoms with van der Waals surface area (Å²) >= 11 is 0. The fraction of sp³-hybridized carbons (Fsp3) is 0.125. The molecule has 0 unspecified atom stereocenters. The van der Waals surface area contributed by atoms with Gasteiger partial charge in [-0.3, -0.25) is 9.59 Å². The zero-order valence-electron chi connectivity index (χ0n) is 12.9. The number of amides is 2. The van der Waals surface area contributed by atoms with Crippen LogP contribution in [0.3, 0.4) is 0 Å². The van der Waals surface area contributed by atoms with Crippen molar-refractivity contribution >= 4 is 27.5 Å². The molecule has 2 rings (SSSR count). The zero-order chi connectivity index (χ0) is 17.7. The molecule has 24 heavy (non-hydrogen) atoms.